The lowest BCUT2D eigenvalue weighted by Gasteiger charge is -2.18. The van der Waals surface area contributed by atoms with E-state index >= 15 is 0 Å². The smallest absolute Gasteiger partial charge is 0.319 e. The molecule has 0 saturated heterocycles. The minimum absolute atomic E-state index is 0.317. The Bertz CT molecular complexity index is 1420. The average molecular weight is 536 g/mol. The number of aryl methyl sites for hydroxylation is 3. The van der Waals surface area contributed by atoms with Crippen LogP contribution in [0.4, 0.5) is 10.5 Å². The molecule has 0 fully saturated rings. The van der Waals surface area contributed by atoms with Crippen molar-refractivity contribution in [2.45, 2.75) is 44.6 Å². The van der Waals surface area contributed by atoms with Crippen molar-refractivity contribution in [3.63, 3.8) is 0 Å². The van der Waals surface area contributed by atoms with E-state index in [0.29, 0.717) is 21.8 Å². The van der Waals surface area contributed by atoms with Crippen molar-refractivity contribution in [1.82, 2.24) is 20.1 Å². The summed E-state index contributed by atoms with van der Waals surface area (Å²) in [5, 5.41) is 16.2. The first-order valence-corrected chi connectivity index (χ1v) is 13.2. The largest absolute Gasteiger partial charge is 0.497 e. The molecule has 1 atom stereocenters. The van der Waals surface area contributed by atoms with Crippen LogP contribution < -0.4 is 15.4 Å². The summed E-state index contributed by atoms with van der Waals surface area (Å²) in [5.74, 6) is 2.08. The Hall–Kier alpha value is -3.49. The van der Waals surface area contributed by atoms with Crippen LogP contribution in [0.2, 0.25) is 5.02 Å². The Morgan fingerprint density at radius 2 is 1.86 bits per heavy atom. The second-order valence-electron chi connectivity index (χ2n) is 8.89. The summed E-state index contributed by atoms with van der Waals surface area (Å²) in [7, 11) is 1.65. The molecule has 9 heteroatoms. The summed E-state index contributed by atoms with van der Waals surface area (Å²) in [6, 6.07) is 18.8. The molecule has 0 radical (unpaired) electrons. The number of benzene rings is 3. The Balaban J connectivity index is 1.61. The molecule has 4 rings (SSSR count). The number of nitrogens with one attached hydrogen (secondary N) is 2. The number of halogens is 1. The molecule has 2 amide bonds. The molecule has 0 aliphatic rings. The zero-order chi connectivity index (χ0) is 26.5. The van der Waals surface area contributed by atoms with Crippen LogP contribution in [0.25, 0.3) is 5.69 Å². The first-order valence-electron chi connectivity index (χ1n) is 11.9. The van der Waals surface area contributed by atoms with Gasteiger partial charge in [-0.15, -0.1) is 10.2 Å². The van der Waals surface area contributed by atoms with Crippen molar-refractivity contribution in [3.05, 3.63) is 93.8 Å². The Morgan fingerprint density at radius 3 is 2.62 bits per heavy atom. The van der Waals surface area contributed by atoms with E-state index in [1.807, 2.05) is 92.9 Å². The highest BCUT2D eigenvalue weighted by molar-refractivity contribution is 7.98. The fourth-order valence-electron chi connectivity index (χ4n) is 3.99. The molecule has 4 aromatic rings. The van der Waals surface area contributed by atoms with Gasteiger partial charge >= 0.3 is 6.03 Å². The summed E-state index contributed by atoms with van der Waals surface area (Å²) in [6.07, 6.45) is 0. The molecule has 0 bridgehead atoms. The van der Waals surface area contributed by atoms with E-state index in [9.17, 15) is 4.79 Å². The van der Waals surface area contributed by atoms with Gasteiger partial charge in [-0.05, 0) is 74.7 Å². The highest BCUT2D eigenvalue weighted by Gasteiger charge is 2.22. The molecule has 192 valence electrons. The third-order valence-electron chi connectivity index (χ3n) is 5.94. The van der Waals surface area contributed by atoms with Gasteiger partial charge < -0.3 is 15.4 Å². The van der Waals surface area contributed by atoms with Gasteiger partial charge in [-0.25, -0.2) is 4.79 Å². The molecule has 0 saturated carbocycles. The number of methoxy groups -OCH3 is 1. The second-order valence-corrected chi connectivity index (χ2v) is 10.3. The van der Waals surface area contributed by atoms with Gasteiger partial charge in [0, 0.05) is 16.5 Å². The van der Waals surface area contributed by atoms with Crippen molar-refractivity contribution in [2.75, 3.05) is 12.4 Å². The minimum atomic E-state index is -0.428. The topological polar surface area (TPSA) is 81.1 Å². The minimum Gasteiger partial charge on any atom is -0.497 e. The third kappa shape index (κ3) is 6.45. The van der Waals surface area contributed by atoms with Gasteiger partial charge in [0.15, 0.2) is 11.0 Å². The number of carbonyl (C=O) groups excluding carboxylic acids is 1. The number of amides is 2. The summed E-state index contributed by atoms with van der Waals surface area (Å²) < 4.78 is 7.32. The lowest BCUT2D eigenvalue weighted by atomic mass is 10.1. The first-order chi connectivity index (χ1) is 17.7. The van der Waals surface area contributed by atoms with Crippen LogP contribution in [0.3, 0.4) is 0 Å². The van der Waals surface area contributed by atoms with Crippen LogP contribution in [-0.4, -0.2) is 27.9 Å². The summed E-state index contributed by atoms with van der Waals surface area (Å²) in [5.41, 5.74) is 5.88. The number of carbonyl (C=O) groups is 1. The number of anilines is 1. The lowest BCUT2D eigenvalue weighted by molar-refractivity contribution is 0.248. The summed E-state index contributed by atoms with van der Waals surface area (Å²) in [4.78, 5) is 12.9. The number of nitrogens with zero attached hydrogens (tertiary/aromatic N) is 3. The lowest BCUT2D eigenvalue weighted by Crippen LogP contribution is -2.32. The van der Waals surface area contributed by atoms with Crippen LogP contribution in [0.1, 0.15) is 41.0 Å². The summed E-state index contributed by atoms with van der Waals surface area (Å²) >= 11 is 7.92. The van der Waals surface area contributed by atoms with E-state index in [1.165, 1.54) is 0 Å². The van der Waals surface area contributed by atoms with Crippen LogP contribution in [0.15, 0.2) is 65.8 Å². The van der Waals surface area contributed by atoms with Crippen LogP contribution >= 0.6 is 23.4 Å². The van der Waals surface area contributed by atoms with E-state index in [4.69, 9.17) is 16.3 Å². The van der Waals surface area contributed by atoms with Crippen molar-refractivity contribution >= 4 is 35.1 Å². The van der Waals surface area contributed by atoms with Crippen molar-refractivity contribution < 1.29 is 9.53 Å². The van der Waals surface area contributed by atoms with Gasteiger partial charge in [0.2, 0.25) is 0 Å². The van der Waals surface area contributed by atoms with Crippen LogP contribution in [0, 0.1) is 20.8 Å². The molecule has 2 N–H and O–H groups in total. The number of urea groups is 1. The number of aromatic nitrogens is 3. The van der Waals surface area contributed by atoms with E-state index < -0.39 is 6.04 Å². The molecule has 1 heterocycles. The van der Waals surface area contributed by atoms with E-state index in [-0.39, 0.29) is 6.03 Å². The molecule has 0 aliphatic heterocycles. The second kappa shape index (κ2) is 11.7. The van der Waals surface area contributed by atoms with Crippen LogP contribution in [0.5, 0.6) is 5.75 Å². The van der Waals surface area contributed by atoms with E-state index in [0.717, 1.165) is 39.4 Å². The number of hydrogen-bond acceptors (Lipinski definition) is 5. The molecular formula is C28H30ClN5O2S. The maximum absolute atomic E-state index is 12.9. The van der Waals surface area contributed by atoms with Gasteiger partial charge in [0.1, 0.15) is 5.75 Å². The molecule has 1 unspecified atom stereocenters. The fourth-order valence-corrected chi connectivity index (χ4v) is 5.05. The predicted molar refractivity (Wildman–Crippen MR) is 150 cm³/mol. The maximum atomic E-state index is 12.9. The standard InChI is InChI=1S/C28H30ClN5O2S/c1-17-9-12-24(19(3)13-17)31-27(35)30-20(4)26-32-33-28(34(26)25-15-22(29)11-10-18(25)2)37-16-21-7-6-8-23(14-21)36-5/h6-15,20H,16H2,1-5H3,(H2,30,31,35). The molecule has 7 nitrogen and oxygen atoms in total. The Labute approximate surface area is 226 Å². The SMILES string of the molecule is COc1cccc(CSc2nnc(C(C)NC(=O)Nc3ccc(C)cc3C)n2-c2cc(Cl)ccc2C)c1. The Morgan fingerprint density at radius 1 is 1.05 bits per heavy atom. The molecule has 0 aliphatic carbocycles. The fraction of sp³-hybridized carbons (Fsp3) is 0.250. The van der Waals surface area contributed by atoms with Crippen molar-refractivity contribution in [2.24, 2.45) is 0 Å². The zero-order valence-corrected chi connectivity index (χ0v) is 23.1. The van der Waals surface area contributed by atoms with E-state index in [1.54, 1.807) is 18.9 Å². The predicted octanol–water partition coefficient (Wildman–Crippen LogP) is 7.03. The average Bonchev–Trinajstić information content (AvgIpc) is 3.30. The number of hydrogen-bond donors (Lipinski definition) is 2. The number of thioether (sulfide) groups is 1. The molecular weight excluding hydrogens is 506 g/mol. The molecule has 3 aromatic carbocycles. The molecule has 0 spiro atoms. The molecule has 37 heavy (non-hydrogen) atoms. The summed E-state index contributed by atoms with van der Waals surface area (Å²) in [6.45, 7) is 7.89. The van der Waals surface area contributed by atoms with Crippen molar-refractivity contribution in [1.29, 1.82) is 0 Å². The van der Waals surface area contributed by atoms with Gasteiger partial charge in [0.05, 0.1) is 18.8 Å². The van der Waals surface area contributed by atoms with Crippen molar-refractivity contribution in [3.8, 4) is 11.4 Å². The number of rotatable bonds is 8. The first kappa shape index (κ1) is 26.6. The normalized spacial score (nSPS) is 11.7. The Kier molecular flexibility index (Phi) is 8.41. The molecule has 1 aromatic heterocycles. The monoisotopic (exact) mass is 535 g/mol. The third-order valence-corrected chi connectivity index (χ3v) is 7.17. The van der Waals surface area contributed by atoms with E-state index in [2.05, 4.69) is 20.8 Å². The highest BCUT2D eigenvalue weighted by Crippen LogP contribution is 2.31. The van der Waals surface area contributed by atoms with Crippen LogP contribution in [-0.2, 0) is 5.75 Å². The van der Waals surface area contributed by atoms with Gasteiger partial charge in [-0.1, -0.05) is 59.3 Å². The quantitative estimate of drug-likeness (QED) is 0.237. The highest BCUT2D eigenvalue weighted by atomic mass is 35.5. The van der Waals surface area contributed by atoms with Gasteiger partial charge in [-0.3, -0.25) is 4.57 Å². The zero-order valence-electron chi connectivity index (χ0n) is 21.5. The number of ether oxygens (including phenoxy) is 1. The maximum Gasteiger partial charge on any atom is 0.319 e. The van der Waals surface area contributed by atoms with Gasteiger partial charge in [0.25, 0.3) is 0 Å². The van der Waals surface area contributed by atoms with Gasteiger partial charge in [-0.2, -0.15) is 0 Å².